The summed E-state index contributed by atoms with van der Waals surface area (Å²) in [5, 5.41) is 15.1. The summed E-state index contributed by atoms with van der Waals surface area (Å²) < 4.78 is 0. The third-order valence-electron chi connectivity index (χ3n) is 3.87. The Morgan fingerprint density at radius 1 is 1.41 bits per heavy atom. The Bertz CT molecular complexity index is 635. The highest BCUT2D eigenvalue weighted by Gasteiger charge is 2.29. The minimum atomic E-state index is -0.389. The number of aromatic nitrogens is 1. The molecule has 0 spiro atoms. The van der Waals surface area contributed by atoms with Crippen LogP contribution in [-0.4, -0.2) is 41.2 Å². The van der Waals surface area contributed by atoms with Gasteiger partial charge in [0.2, 0.25) is 11.7 Å². The molecule has 8 heteroatoms. The molecule has 1 aromatic rings. The molecular weight excluding hydrogens is 286 g/mol. The van der Waals surface area contributed by atoms with Gasteiger partial charge in [0.25, 0.3) is 0 Å². The van der Waals surface area contributed by atoms with Crippen LogP contribution in [-0.2, 0) is 4.84 Å². The Morgan fingerprint density at radius 2 is 2.18 bits per heavy atom. The fourth-order valence-electron chi connectivity index (χ4n) is 2.69. The van der Waals surface area contributed by atoms with Crippen LogP contribution >= 0.6 is 0 Å². The van der Waals surface area contributed by atoms with Gasteiger partial charge in [0, 0.05) is 31.3 Å². The number of piperidine rings is 1. The number of anilines is 1. The molecule has 116 valence electrons. The molecule has 2 aliphatic rings. The van der Waals surface area contributed by atoms with E-state index in [9.17, 15) is 10.1 Å². The van der Waals surface area contributed by atoms with Crippen molar-refractivity contribution in [2.24, 2.45) is 16.1 Å². The SMILES string of the molecule is CC1=NOC(C2CCN(c3ncccc3[N+](=O)[O-])CC2)=NC1. The molecule has 1 fully saturated rings. The van der Waals surface area contributed by atoms with Crippen LogP contribution in [0.15, 0.2) is 28.5 Å². The molecule has 0 saturated carbocycles. The maximum atomic E-state index is 11.1. The number of nitrogens with zero attached hydrogens (tertiary/aromatic N) is 5. The molecule has 0 bridgehead atoms. The highest BCUT2D eigenvalue weighted by molar-refractivity contribution is 5.90. The van der Waals surface area contributed by atoms with Crippen LogP contribution in [0, 0.1) is 16.0 Å². The zero-order valence-corrected chi connectivity index (χ0v) is 12.3. The number of rotatable bonds is 3. The van der Waals surface area contributed by atoms with Gasteiger partial charge in [-0.2, -0.15) is 0 Å². The number of nitro groups is 1. The van der Waals surface area contributed by atoms with E-state index in [1.165, 1.54) is 6.07 Å². The minimum absolute atomic E-state index is 0.0485. The van der Waals surface area contributed by atoms with Gasteiger partial charge in [0.1, 0.15) is 0 Å². The normalized spacial score (nSPS) is 19.2. The van der Waals surface area contributed by atoms with E-state index in [2.05, 4.69) is 15.1 Å². The Labute approximate surface area is 127 Å². The first-order valence-electron chi connectivity index (χ1n) is 7.24. The van der Waals surface area contributed by atoms with Crippen molar-refractivity contribution in [3.05, 3.63) is 28.4 Å². The third kappa shape index (κ3) is 2.90. The second kappa shape index (κ2) is 6.08. The van der Waals surface area contributed by atoms with E-state index in [0.717, 1.165) is 18.6 Å². The summed E-state index contributed by atoms with van der Waals surface area (Å²) in [7, 11) is 0. The molecule has 2 aliphatic heterocycles. The van der Waals surface area contributed by atoms with Crippen molar-refractivity contribution in [3.8, 4) is 0 Å². The Balaban J connectivity index is 1.66. The topological polar surface area (TPSA) is 93.2 Å². The quantitative estimate of drug-likeness (QED) is 0.629. The number of pyridine rings is 1. The van der Waals surface area contributed by atoms with E-state index < -0.39 is 0 Å². The molecule has 1 aromatic heterocycles. The van der Waals surface area contributed by atoms with Crippen LogP contribution in [0.5, 0.6) is 0 Å². The van der Waals surface area contributed by atoms with Gasteiger partial charge >= 0.3 is 5.69 Å². The Kier molecular flexibility index (Phi) is 3.99. The van der Waals surface area contributed by atoms with Crippen molar-refractivity contribution >= 4 is 23.1 Å². The van der Waals surface area contributed by atoms with Gasteiger partial charge in [-0.1, -0.05) is 5.16 Å². The Morgan fingerprint density at radius 3 is 2.82 bits per heavy atom. The maximum absolute atomic E-state index is 11.1. The van der Waals surface area contributed by atoms with Crippen molar-refractivity contribution in [1.29, 1.82) is 0 Å². The molecule has 3 rings (SSSR count). The number of hydrogen-bond acceptors (Lipinski definition) is 7. The lowest BCUT2D eigenvalue weighted by atomic mass is 9.96. The summed E-state index contributed by atoms with van der Waals surface area (Å²) >= 11 is 0. The zero-order valence-electron chi connectivity index (χ0n) is 12.3. The molecule has 0 N–H and O–H groups in total. The standard InChI is InChI=1S/C14H17N5O3/c1-10-9-16-14(22-17-10)11-4-7-18(8-5-11)13-12(19(20)21)3-2-6-15-13/h2-3,6,11H,4-5,7-9H2,1H3. The van der Waals surface area contributed by atoms with Gasteiger partial charge in [0.05, 0.1) is 17.2 Å². The summed E-state index contributed by atoms with van der Waals surface area (Å²) in [5.41, 5.74) is 0.915. The predicted molar refractivity (Wildman–Crippen MR) is 82.3 cm³/mol. The first-order valence-corrected chi connectivity index (χ1v) is 7.24. The van der Waals surface area contributed by atoms with Crippen molar-refractivity contribution < 1.29 is 9.76 Å². The minimum Gasteiger partial charge on any atom is -0.351 e. The summed E-state index contributed by atoms with van der Waals surface area (Å²) in [6.45, 7) is 3.84. The smallest absolute Gasteiger partial charge is 0.311 e. The zero-order chi connectivity index (χ0) is 15.5. The van der Waals surface area contributed by atoms with Crippen molar-refractivity contribution in [2.45, 2.75) is 19.8 Å². The van der Waals surface area contributed by atoms with E-state index in [1.807, 2.05) is 11.8 Å². The summed E-state index contributed by atoms with van der Waals surface area (Å²) in [5.74, 6) is 1.34. The first kappa shape index (κ1) is 14.4. The fraction of sp³-hybridized carbons (Fsp3) is 0.500. The molecule has 0 aromatic carbocycles. The molecule has 0 radical (unpaired) electrons. The number of oxime groups is 1. The van der Waals surface area contributed by atoms with E-state index >= 15 is 0 Å². The van der Waals surface area contributed by atoms with Crippen LogP contribution in [0.1, 0.15) is 19.8 Å². The molecule has 0 unspecified atom stereocenters. The second-order valence-corrected chi connectivity index (χ2v) is 5.44. The highest BCUT2D eigenvalue weighted by Crippen LogP contribution is 2.29. The van der Waals surface area contributed by atoms with Gasteiger partial charge in [-0.05, 0) is 25.8 Å². The van der Waals surface area contributed by atoms with Crippen LogP contribution in [0.2, 0.25) is 0 Å². The molecule has 22 heavy (non-hydrogen) atoms. The monoisotopic (exact) mass is 303 g/mol. The van der Waals surface area contributed by atoms with Crippen LogP contribution in [0.25, 0.3) is 0 Å². The molecule has 8 nitrogen and oxygen atoms in total. The molecule has 0 aliphatic carbocycles. The summed E-state index contributed by atoms with van der Waals surface area (Å²) in [6.07, 6.45) is 3.22. The number of hydrogen-bond donors (Lipinski definition) is 0. The lowest BCUT2D eigenvalue weighted by molar-refractivity contribution is -0.384. The van der Waals surface area contributed by atoms with Crippen molar-refractivity contribution in [1.82, 2.24) is 4.98 Å². The molecule has 0 amide bonds. The van der Waals surface area contributed by atoms with Crippen molar-refractivity contribution in [2.75, 3.05) is 24.5 Å². The fourth-order valence-corrected chi connectivity index (χ4v) is 2.69. The van der Waals surface area contributed by atoms with Gasteiger partial charge < -0.3 is 9.74 Å². The lowest BCUT2D eigenvalue weighted by Crippen LogP contribution is -2.38. The van der Waals surface area contributed by atoms with Gasteiger partial charge in [-0.3, -0.25) is 10.1 Å². The van der Waals surface area contributed by atoms with Gasteiger partial charge in [-0.15, -0.1) is 0 Å². The van der Waals surface area contributed by atoms with Crippen LogP contribution in [0.4, 0.5) is 11.5 Å². The predicted octanol–water partition coefficient (Wildman–Crippen LogP) is 2.01. The van der Waals surface area contributed by atoms with E-state index in [1.54, 1.807) is 12.3 Å². The van der Waals surface area contributed by atoms with Gasteiger partial charge in [0.15, 0.2) is 0 Å². The van der Waals surface area contributed by atoms with E-state index in [0.29, 0.717) is 31.3 Å². The highest BCUT2D eigenvalue weighted by atomic mass is 16.6. The summed E-state index contributed by atoms with van der Waals surface area (Å²) in [6, 6.07) is 3.07. The second-order valence-electron chi connectivity index (χ2n) is 5.44. The maximum Gasteiger partial charge on any atom is 0.311 e. The molecule has 3 heterocycles. The lowest BCUT2D eigenvalue weighted by Gasteiger charge is -2.32. The average molecular weight is 303 g/mol. The van der Waals surface area contributed by atoms with Crippen LogP contribution in [0.3, 0.4) is 0 Å². The van der Waals surface area contributed by atoms with Crippen molar-refractivity contribution in [3.63, 3.8) is 0 Å². The van der Waals surface area contributed by atoms with E-state index in [4.69, 9.17) is 4.84 Å². The summed E-state index contributed by atoms with van der Waals surface area (Å²) in [4.78, 5) is 26.6. The Hall–Kier alpha value is -2.51. The molecular formula is C14H17N5O3. The van der Waals surface area contributed by atoms with E-state index in [-0.39, 0.29) is 16.5 Å². The molecule has 1 saturated heterocycles. The van der Waals surface area contributed by atoms with Crippen LogP contribution < -0.4 is 4.90 Å². The molecule has 0 atom stereocenters. The largest absolute Gasteiger partial charge is 0.351 e. The first-order chi connectivity index (χ1) is 10.6. The average Bonchev–Trinajstić information content (AvgIpc) is 2.56. The van der Waals surface area contributed by atoms with Gasteiger partial charge in [-0.25, -0.2) is 9.98 Å². The third-order valence-corrected chi connectivity index (χ3v) is 3.87. The number of aliphatic imine (C=N–C) groups is 1.